The first-order valence-corrected chi connectivity index (χ1v) is 9.31. The summed E-state index contributed by atoms with van der Waals surface area (Å²) in [6, 6.07) is 12.4. The van der Waals surface area contributed by atoms with Crippen LogP contribution in [0.15, 0.2) is 67.5 Å². The van der Waals surface area contributed by atoms with Crippen LogP contribution < -0.4 is 10.1 Å². The number of hydrogen-bond acceptors (Lipinski definition) is 7. The van der Waals surface area contributed by atoms with Crippen LogP contribution in [0, 0.1) is 0 Å². The molecule has 1 amide bonds. The molecule has 30 heavy (non-hydrogen) atoms. The third-order valence-corrected chi connectivity index (χ3v) is 4.22. The number of aromatic nitrogens is 6. The fourth-order valence-corrected chi connectivity index (χ4v) is 2.80. The molecule has 9 heteroatoms. The number of anilines is 1. The van der Waals surface area contributed by atoms with Gasteiger partial charge in [0.2, 0.25) is 0 Å². The Kier molecular flexibility index (Phi) is 5.42. The summed E-state index contributed by atoms with van der Waals surface area (Å²) in [7, 11) is 0. The van der Waals surface area contributed by atoms with Gasteiger partial charge >= 0.3 is 0 Å². The largest absolute Gasteiger partial charge is 0.454 e. The van der Waals surface area contributed by atoms with E-state index in [-0.39, 0.29) is 11.9 Å². The van der Waals surface area contributed by atoms with Gasteiger partial charge in [-0.25, -0.2) is 15.0 Å². The van der Waals surface area contributed by atoms with E-state index < -0.39 is 0 Å². The second kappa shape index (κ2) is 8.48. The number of nitrogens with zero attached hydrogens (tertiary/aromatic N) is 6. The van der Waals surface area contributed by atoms with Crippen molar-refractivity contribution in [3.05, 3.63) is 73.1 Å². The molecule has 150 valence electrons. The second-order valence-electron chi connectivity index (χ2n) is 6.72. The summed E-state index contributed by atoms with van der Waals surface area (Å²) >= 11 is 0. The minimum Gasteiger partial charge on any atom is -0.454 e. The molecule has 0 spiro atoms. The van der Waals surface area contributed by atoms with Crippen molar-refractivity contribution in [3.63, 3.8) is 0 Å². The van der Waals surface area contributed by atoms with Crippen molar-refractivity contribution in [2.45, 2.75) is 19.9 Å². The lowest BCUT2D eigenvalue weighted by Crippen LogP contribution is -2.13. The zero-order valence-electron chi connectivity index (χ0n) is 16.4. The molecule has 4 rings (SSSR count). The third-order valence-electron chi connectivity index (χ3n) is 4.22. The highest BCUT2D eigenvalue weighted by atomic mass is 16.5. The Labute approximate surface area is 172 Å². The lowest BCUT2D eigenvalue weighted by molar-refractivity contribution is 0.102. The molecule has 3 aromatic heterocycles. The Bertz CT molecular complexity index is 1160. The number of benzene rings is 1. The highest BCUT2D eigenvalue weighted by molar-refractivity contribution is 6.04. The molecule has 0 saturated heterocycles. The van der Waals surface area contributed by atoms with Gasteiger partial charge in [-0.3, -0.25) is 4.79 Å². The van der Waals surface area contributed by atoms with E-state index in [2.05, 4.69) is 30.5 Å². The van der Waals surface area contributed by atoms with Crippen molar-refractivity contribution in [1.82, 2.24) is 29.7 Å². The molecule has 0 atom stereocenters. The fourth-order valence-electron chi connectivity index (χ4n) is 2.80. The number of ether oxygens (including phenoxy) is 1. The van der Waals surface area contributed by atoms with Gasteiger partial charge in [-0.1, -0.05) is 12.1 Å². The molecule has 3 heterocycles. The van der Waals surface area contributed by atoms with Gasteiger partial charge in [-0.15, -0.1) is 10.2 Å². The van der Waals surface area contributed by atoms with Crippen LogP contribution in [-0.2, 0) is 0 Å². The van der Waals surface area contributed by atoms with Gasteiger partial charge in [-0.2, -0.15) is 0 Å². The molecule has 1 N–H and O–H groups in total. The van der Waals surface area contributed by atoms with Crippen molar-refractivity contribution < 1.29 is 9.53 Å². The minimum absolute atomic E-state index is 0.188. The van der Waals surface area contributed by atoms with Gasteiger partial charge in [0.15, 0.2) is 11.6 Å². The quantitative estimate of drug-likeness (QED) is 0.524. The first kappa shape index (κ1) is 19.2. The summed E-state index contributed by atoms with van der Waals surface area (Å²) in [5.74, 6) is 1.74. The zero-order valence-corrected chi connectivity index (χ0v) is 16.4. The van der Waals surface area contributed by atoms with Gasteiger partial charge < -0.3 is 14.6 Å². The molecule has 9 nitrogen and oxygen atoms in total. The summed E-state index contributed by atoms with van der Waals surface area (Å²) in [6.45, 7) is 4.07. The molecule has 4 aromatic rings. The number of carbonyl (C=O) groups excluding carboxylic acids is 1. The maximum atomic E-state index is 12.7. The second-order valence-corrected chi connectivity index (χ2v) is 6.72. The van der Waals surface area contributed by atoms with Gasteiger partial charge in [0.25, 0.3) is 5.91 Å². The molecule has 0 aliphatic heterocycles. The van der Waals surface area contributed by atoms with Crippen LogP contribution in [0.3, 0.4) is 0 Å². The Morgan fingerprint density at radius 3 is 2.67 bits per heavy atom. The molecule has 0 fully saturated rings. The van der Waals surface area contributed by atoms with E-state index in [1.165, 1.54) is 6.33 Å². The van der Waals surface area contributed by atoms with Gasteiger partial charge in [-0.05, 0) is 44.2 Å². The van der Waals surface area contributed by atoms with Crippen LogP contribution in [-0.4, -0.2) is 35.6 Å². The Morgan fingerprint density at radius 1 is 1.07 bits per heavy atom. The average molecular weight is 401 g/mol. The van der Waals surface area contributed by atoms with Gasteiger partial charge in [0.1, 0.15) is 29.9 Å². The number of pyridine rings is 1. The smallest absolute Gasteiger partial charge is 0.256 e. The van der Waals surface area contributed by atoms with Gasteiger partial charge in [0.05, 0.1) is 12.4 Å². The summed E-state index contributed by atoms with van der Waals surface area (Å²) in [5, 5.41) is 10.9. The monoisotopic (exact) mass is 401 g/mol. The maximum Gasteiger partial charge on any atom is 0.256 e. The fraction of sp³-hybridized carbons (Fsp3) is 0.143. The van der Waals surface area contributed by atoms with E-state index in [0.29, 0.717) is 34.4 Å². The van der Waals surface area contributed by atoms with E-state index in [1.54, 1.807) is 49.1 Å². The van der Waals surface area contributed by atoms with Crippen molar-refractivity contribution in [2.75, 3.05) is 5.32 Å². The van der Waals surface area contributed by atoms with E-state index in [4.69, 9.17) is 4.74 Å². The first-order chi connectivity index (χ1) is 14.6. The minimum atomic E-state index is -0.306. The molecule has 0 unspecified atom stereocenters. The summed E-state index contributed by atoms with van der Waals surface area (Å²) in [6.07, 6.45) is 6.17. The number of carbonyl (C=O) groups is 1. The van der Waals surface area contributed by atoms with Crippen molar-refractivity contribution >= 4 is 11.7 Å². The molecular formula is C21H19N7O2. The molecular weight excluding hydrogens is 382 g/mol. The maximum absolute atomic E-state index is 12.7. The lowest BCUT2D eigenvalue weighted by Gasteiger charge is -2.11. The number of amides is 1. The zero-order chi connectivity index (χ0) is 20.9. The molecule has 0 bridgehead atoms. The Morgan fingerprint density at radius 2 is 1.87 bits per heavy atom. The van der Waals surface area contributed by atoms with Crippen LogP contribution in [0.1, 0.15) is 30.2 Å². The van der Waals surface area contributed by atoms with Crippen molar-refractivity contribution in [2.24, 2.45) is 0 Å². The van der Waals surface area contributed by atoms with Gasteiger partial charge in [0, 0.05) is 11.6 Å². The van der Waals surface area contributed by atoms with Crippen LogP contribution >= 0.6 is 0 Å². The molecule has 1 aromatic carbocycles. The van der Waals surface area contributed by atoms with Crippen LogP contribution in [0.2, 0.25) is 0 Å². The number of hydrogen-bond donors (Lipinski definition) is 1. The first-order valence-electron chi connectivity index (χ1n) is 9.31. The van der Waals surface area contributed by atoms with E-state index in [1.807, 2.05) is 30.5 Å². The van der Waals surface area contributed by atoms with Crippen LogP contribution in [0.4, 0.5) is 5.82 Å². The summed E-state index contributed by atoms with van der Waals surface area (Å²) < 4.78 is 7.60. The van der Waals surface area contributed by atoms with Crippen molar-refractivity contribution in [3.8, 4) is 23.0 Å². The van der Waals surface area contributed by atoms with Crippen LogP contribution in [0.5, 0.6) is 11.5 Å². The SMILES string of the molecule is CC(C)n1cnnc1-c1cccc(NC(=O)c2cccc(Oc3cncnc3)c2)n1. The van der Waals surface area contributed by atoms with E-state index in [9.17, 15) is 4.79 Å². The standard InChI is InChI=1S/C21H19N7O2/c1-14(2)28-13-24-27-20(28)18-7-4-8-19(25-18)26-21(29)15-5-3-6-16(9-15)30-17-10-22-12-23-11-17/h3-14H,1-2H3,(H,25,26,29). The topological polar surface area (TPSA) is 108 Å². The van der Waals surface area contributed by atoms with Crippen molar-refractivity contribution in [1.29, 1.82) is 0 Å². The third kappa shape index (κ3) is 4.30. The molecule has 0 saturated carbocycles. The Hall–Kier alpha value is -4.14. The summed E-state index contributed by atoms with van der Waals surface area (Å²) in [4.78, 5) is 25.0. The normalized spacial score (nSPS) is 10.8. The highest BCUT2D eigenvalue weighted by Gasteiger charge is 2.13. The van der Waals surface area contributed by atoms with Crippen LogP contribution in [0.25, 0.3) is 11.5 Å². The number of nitrogens with one attached hydrogen (secondary N) is 1. The number of rotatable bonds is 6. The molecule has 0 aliphatic rings. The van der Waals surface area contributed by atoms with E-state index in [0.717, 1.165) is 0 Å². The molecule has 0 radical (unpaired) electrons. The van der Waals surface area contributed by atoms with E-state index >= 15 is 0 Å². The summed E-state index contributed by atoms with van der Waals surface area (Å²) in [5.41, 5.74) is 1.06. The average Bonchev–Trinajstić information content (AvgIpc) is 3.25. The predicted molar refractivity (Wildman–Crippen MR) is 110 cm³/mol. The lowest BCUT2D eigenvalue weighted by atomic mass is 10.2. The predicted octanol–water partition coefficient (Wildman–Crippen LogP) is 3.76. The molecule has 0 aliphatic carbocycles. The highest BCUT2D eigenvalue weighted by Crippen LogP contribution is 2.22. The Balaban J connectivity index is 1.52.